The summed E-state index contributed by atoms with van der Waals surface area (Å²) in [7, 11) is 2.06. The zero-order chi connectivity index (χ0) is 17.1. The number of thiazole rings is 1. The molecule has 1 aliphatic heterocycles. The van der Waals surface area contributed by atoms with Crippen molar-refractivity contribution in [3.8, 4) is 0 Å². The zero-order valence-electron chi connectivity index (χ0n) is 14.4. The van der Waals surface area contributed by atoms with Crippen LogP contribution in [0, 0.1) is 13.8 Å². The largest absolute Gasteiger partial charge is 0.355 e. The Balaban J connectivity index is 1.53. The van der Waals surface area contributed by atoms with E-state index >= 15 is 0 Å². The molecule has 128 valence electrons. The third kappa shape index (κ3) is 3.90. The van der Waals surface area contributed by atoms with Gasteiger partial charge in [-0.25, -0.2) is 4.98 Å². The lowest BCUT2D eigenvalue weighted by Gasteiger charge is -2.37. The minimum atomic E-state index is 0.177. The minimum absolute atomic E-state index is 0.177. The third-order valence-corrected chi connectivity index (χ3v) is 5.33. The summed E-state index contributed by atoms with van der Waals surface area (Å²) in [5.41, 5.74) is 1.81. The van der Waals surface area contributed by atoms with Crippen LogP contribution in [0.1, 0.15) is 29.2 Å². The Kier molecular flexibility index (Phi) is 5.08. The van der Waals surface area contributed by atoms with Gasteiger partial charge in [-0.15, -0.1) is 16.4 Å². The van der Waals surface area contributed by atoms with Gasteiger partial charge in [0, 0.05) is 31.6 Å². The fourth-order valence-electron chi connectivity index (χ4n) is 3.03. The molecular formula is C17H23N5OS. The Hall–Kier alpha value is -2.02. The van der Waals surface area contributed by atoms with Crippen LogP contribution in [-0.2, 0) is 11.2 Å². The highest BCUT2D eigenvalue weighted by Crippen LogP contribution is 2.21. The molecule has 0 unspecified atom stereocenters. The van der Waals surface area contributed by atoms with Crippen molar-refractivity contribution in [1.29, 1.82) is 0 Å². The van der Waals surface area contributed by atoms with Gasteiger partial charge in [0.25, 0.3) is 0 Å². The van der Waals surface area contributed by atoms with E-state index in [0.29, 0.717) is 12.5 Å². The van der Waals surface area contributed by atoms with Crippen molar-refractivity contribution in [2.75, 3.05) is 25.0 Å². The number of carbonyl (C=O) groups is 1. The molecule has 3 heterocycles. The summed E-state index contributed by atoms with van der Waals surface area (Å²) >= 11 is 1.59. The van der Waals surface area contributed by atoms with E-state index in [-0.39, 0.29) is 5.91 Å². The SMILES string of the molecule is Cc1ccc(N(C)C2CCN(C(=O)Cc3csc(C)n3)CC2)nn1. The van der Waals surface area contributed by atoms with Crippen molar-refractivity contribution in [3.05, 3.63) is 33.9 Å². The van der Waals surface area contributed by atoms with Crippen molar-refractivity contribution in [3.63, 3.8) is 0 Å². The molecule has 6 nitrogen and oxygen atoms in total. The molecule has 0 atom stereocenters. The Bertz CT molecular complexity index is 691. The maximum Gasteiger partial charge on any atom is 0.228 e. The highest BCUT2D eigenvalue weighted by atomic mass is 32.1. The molecule has 2 aromatic rings. The molecule has 0 aromatic carbocycles. The molecule has 3 rings (SSSR count). The second-order valence-corrected chi connectivity index (χ2v) is 7.35. The van der Waals surface area contributed by atoms with Crippen LogP contribution in [0.5, 0.6) is 0 Å². The van der Waals surface area contributed by atoms with Gasteiger partial charge in [0.15, 0.2) is 5.82 Å². The summed E-state index contributed by atoms with van der Waals surface area (Å²) in [6.45, 7) is 5.48. The molecule has 0 N–H and O–H groups in total. The number of rotatable bonds is 4. The van der Waals surface area contributed by atoms with Gasteiger partial charge in [0.2, 0.25) is 5.91 Å². The number of nitrogens with zero attached hydrogens (tertiary/aromatic N) is 5. The number of aryl methyl sites for hydroxylation is 2. The molecule has 0 radical (unpaired) electrons. The lowest BCUT2D eigenvalue weighted by Crippen LogP contribution is -2.46. The van der Waals surface area contributed by atoms with Crippen LogP contribution < -0.4 is 4.90 Å². The molecule has 24 heavy (non-hydrogen) atoms. The second kappa shape index (κ2) is 7.25. The van der Waals surface area contributed by atoms with E-state index in [1.807, 2.05) is 36.3 Å². The predicted octanol–water partition coefficient (Wildman–Crippen LogP) is 2.22. The third-order valence-electron chi connectivity index (χ3n) is 4.51. The number of piperidine rings is 1. The van der Waals surface area contributed by atoms with Crippen molar-refractivity contribution in [2.24, 2.45) is 0 Å². The molecule has 0 bridgehead atoms. The summed E-state index contributed by atoms with van der Waals surface area (Å²) < 4.78 is 0. The fraction of sp³-hybridized carbons (Fsp3) is 0.529. The van der Waals surface area contributed by atoms with Gasteiger partial charge >= 0.3 is 0 Å². The second-order valence-electron chi connectivity index (χ2n) is 6.29. The van der Waals surface area contributed by atoms with E-state index in [9.17, 15) is 4.79 Å². The maximum absolute atomic E-state index is 12.4. The van der Waals surface area contributed by atoms with Gasteiger partial charge in [-0.3, -0.25) is 4.79 Å². The molecule has 1 amide bonds. The summed E-state index contributed by atoms with van der Waals surface area (Å²) in [5, 5.41) is 11.4. The van der Waals surface area contributed by atoms with Crippen molar-refractivity contribution < 1.29 is 4.79 Å². The van der Waals surface area contributed by atoms with Gasteiger partial charge in [0.05, 0.1) is 22.8 Å². The Morgan fingerprint density at radius 3 is 2.62 bits per heavy atom. The van der Waals surface area contributed by atoms with E-state index in [2.05, 4.69) is 27.1 Å². The summed E-state index contributed by atoms with van der Waals surface area (Å²) in [5.74, 6) is 1.07. The van der Waals surface area contributed by atoms with Crippen molar-refractivity contribution in [2.45, 2.75) is 39.2 Å². The quantitative estimate of drug-likeness (QED) is 0.850. The minimum Gasteiger partial charge on any atom is -0.355 e. The highest BCUT2D eigenvalue weighted by Gasteiger charge is 2.26. The molecule has 1 saturated heterocycles. The maximum atomic E-state index is 12.4. The molecule has 1 fully saturated rings. The first-order valence-electron chi connectivity index (χ1n) is 8.25. The Labute approximate surface area is 146 Å². The number of aromatic nitrogens is 3. The van der Waals surface area contributed by atoms with Crippen LogP contribution >= 0.6 is 11.3 Å². The van der Waals surface area contributed by atoms with E-state index in [4.69, 9.17) is 0 Å². The van der Waals surface area contributed by atoms with Crippen LogP contribution in [0.3, 0.4) is 0 Å². The molecular weight excluding hydrogens is 322 g/mol. The van der Waals surface area contributed by atoms with Gasteiger partial charge in [0.1, 0.15) is 0 Å². The van der Waals surface area contributed by atoms with Crippen LogP contribution in [0.15, 0.2) is 17.5 Å². The first-order valence-corrected chi connectivity index (χ1v) is 9.13. The number of hydrogen-bond donors (Lipinski definition) is 0. The predicted molar refractivity (Wildman–Crippen MR) is 95.3 cm³/mol. The van der Waals surface area contributed by atoms with Crippen LogP contribution in [0.2, 0.25) is 0 Å². The van der Waals surface area contributed by atoms with Crippen molar-refractivity contribution in [1.82, 2.24) is 20.1 Å². The Morgan fingerprint density at radius 1 is 1.29 bits per heavy atom. The molecule has 2 aromatic heterocycles. The lowest BCUT2D eigenvalue weighted by atomic mass is 10.0. The summed E-state index contributed by atoms with van der Waals surface area (Å²) in [6.07, 6.45) is 2.32. The molecule has 1 aliphatic rings. The molecule has 0 aliphatic carbocycles. The summed E-state index contributed by atoms with van der Waals surface area (Å²) in [6, 6.07) is 4.38. The zero-order valence-corrected chi connectivity index (χ0v) is 15.2. The van der Waals surface area contributed by atoms with E-state index in [1.165, 1.54) is 0 Å². The highest BCUT2D eigenvalue weighted by molar-refractivity contribution is 7.09. The lowest BCUT2D eigenvalue weighted by molar-refractivity contribution is -0.131. The fourth-order valence-corrected chi connectivity index (χ4v) is 3.64. The van der Waals surface area contributed by atoms with Crippen LogP contribution in [-0.4, -0.2) is 52.2 Å². The van der Waals surface area contributed by atoms with E-state index in [0.717, 1.165) is 48.1 Å². The summed E-state index contributed by atoms with van der Waals surface area (Å²) in [4.78, 5) is 20.9. The van der Waals surface area contributed by atoms with Crippen molar-refractivity contribution >= 4 is 23.1 Å². The first-order chi connectivity index (χ1) is 11.5. The van der Waals surface area contributed by atoms with Gasteiger partial charge < -0.3 is 9.80 Å². The Morgan fingerprint density at radius 2 is 2.04 bits per heavy atom. The number of anilines is 1. The average Bonchev–Trinajstić information content (AvgIpc) is 3.00. The number of carbonyl (C=O) groups excluding carboxylic acids is 1. The van der Waals surface area contributed by atoms with Gasteiger partial charge in [-0.05, 0) is 38.8 Å². The number of hydrogen-bond acceptors (Lipinski definition) is 6. The first kappa shape index (κ1) is 16.8. The van der Waals surface area contributed by atoms with Gasteiger partial charge in [-0.1, -0.05) is 0 Å². The molecule has 0 spiro atoms. The van der Waals surface area contributed by atoms with Gasteiger partial charge in [-0.2, -0.15) is 5.10 Å². The topological polar surface area (TPSA) is 62.2 Å². The number of amides is 1. The monoisotopic (exact) mass is 345 g/mol. The smallest absolute Gasteiger partial charge is 0.228 e. The number of likely N-dealkylation sites (tertiary alicyclic amines) is 1. The van der Waals surface area contributed by atoms with E-state index in [1.54, 1.807) is 11.3 Å². The van der Waals surface area contributed by atoms with Crippen LogP contribution in [0.25, 0.3) is 0 Å². The standard InChI is InChI=1S/C17H23N5OS/c1-12-4-5-16(20-19-12)21(3)15-6-8-22(9-7-15)17(23)10-14-11-24-13(2)18-14/h4-5,11,15H,6-10H2,1-3H3. The normalized spacial score (nSPS) is 15.5. The van der Waals surface area contributed by atoms with E-state index < -0.39 is 0 Å². The van der Waals surface area contributed by atoms with Crippen LogP contribution in [0.4, 0.5) is 5.82 Å². The molecule has 7 heteroatoms. The average molecular weight is 345 g/mol. The molecule has 0 saturated carbocycles.